The first kappa shape index (κ1) is 10.7. The summed E-state index contributed by atoms with van der Waals surface area (Å²) in [5, 5.41) is 0. The SMILES string of the molecule is CC(C)(C)C(=O)OC[n+]1ccccc1. The van der Waals surface area contributed by atoms with Crippen molar-refractivity contribution in [3.8, 4) is 0 Å². The van der Waals surface area contributed by atoms with Crippen LogP contribution in [0.1, 0.15) is 20.8 Å². The zero-order valence-corrected chi connectivity index (χ0v) is 8.86. The smallest absolute Gasteiger partial charge is 0.316 e. The van der Waals surface area contributed by atoms with E-state index in [-0.39, 0.29) is 12.7 Å². The molecule has 0 aliphatic carbocycles. The largest absolute Gasteiger partial charge is 0.404 e. The number of aromatic nitrogens is 1. The highest BCUT2D eigenvalue weighted by molar-refractivity contribution is 5.75. The van der Waals surface area contributed by atoms with Gasteiger partial charge < -0.3 is 4.74 Å². The average molecular weight is 194 g/mol. The molecule has 0 aliphatic rings. The van der Waals surface area contributed by atoms with Crippen molar-refractivity contribution >= 4 is 5.97 Å². The quantitative estimate of drug-likeness (QED) is 0.528. The predicted molar refractivity (Wildman–Crippen MR) is 52.2 cm³/mol. The molecule has 0 saturated heterocycles. The van der Waals surface area contributed by atoms with Crippen LogP contribution in [0.5, 0.6) is 0 Å². The molecule has 1 rings (SSSR count). The van der Waals surface area contributed by atoms with Gasteiger partial charge in [0.1, 0.15) is 0 Å². The summed E-state index contributed by atoms with van der Waals surface area (Å²) in [5.74, 6) is -0.186. The second-order valence-electron chi connectivity index (χ2n) is 4.20. The Morgan fingerprint density at radius 2 is 1.79 bits per heavy atom. The van der Waals surface area contributed by atoms with Crippen molar-refractivity contribution in [2.45, 2.75) is 27.5 Å². The number of pyridine rings is 1. The topological polar surface area (TPSA) is 30.2 Å². The Labute approximate surface area is 84.3 Å². The number of esters is 1. The molecular weight excluding hydrogens is 178 g/mol. The third-order valence-corrected chi connectivity index (χ3v) is 1.73. The maximum atomic E-state index is 11.4. The highest BCUT2D eigenvalue weighted by Crippen LogP contribution is 2.14. The number of ether oxygens (including phenoxy) is 1. The Bertz CT molecular complexity index is 301. The minimum Gasteiger partial charge on any atom is -0.404 e. The summed E-state index contributed by atoms with van der Waals surface area (Å²) < 4.78 is 6.93. The lowest BCUT2D eigenvalue weighted by molar-refractivity contribution is -0.727. The summed E-state index contributed by atoms with van der Waals surface area (Å²) in [6.07, 6.45) is 3.71. The number of nitrogens with zero attached hydrogens (tertiary/aromatic N) is 1. The van der Waals surface area contributed by atoms with Gasteiger partial charge in [-0.1, -0.05) is 6.07 Å². The molecule has 0 N–H and O–H groups in total. The van der Waals surface area contributed by atoms with Gasteiger partial charge in [0.05, 0.1) is 5.41 Å². The molecule has 14 heavy (non-hydrogen) atoms. The number of carbonyl (C=O) groups excluding carboxylic acids is 1. The van der Waals surface area contributed by atoms with Crippen LogP contribution in [-0.2, 0) is 16.3 Å². The lowest BCUT2D eigenvalue weighted by atomic mass is 9.98. The van der Waals surface area contributed by atoms with E-state index in [0.29, 0.717) is 0 Å². The van der Waals surface area contributed by atoms with Crippen LogP contribution in [0.4, 0.5) is 0 Å². The van der Waals surface area contributed by atoms with Crippen molar-refractivity contribution in [1.82, 2.24) is 0 Å². The van der Waals surface area contributed by atoms with Gasteiger partial charge in [0.2, 0.25) is 0 Å². The highest BCUT2D eigenvalue weighted by atomic mass is 16.5. The lowest BCUT2D eigenvalue weighted by Crippen LogP contribution is -2.37. The van der Waals surface area contributed by atoms with Crippen LogP contribution in [0.3, 0.4) is 0 Å². The fraction of sp³-hybridized carbons (Fsp3) is 0.455. The third kappa shape index (κ3) is 3.17. The molecule has 0 fully saturated rings. The Morgan fingerprint density at radius 1 is 1.21 bits per heavy atom. The van der Waals surface area contributed by atoms with Crippen LogP contribution < -0.4 is 4.57 Å². The van der Waals surface area contributed by atoms with Gasteiger partial charge in [0.25, 0.3) is 6.73 Å². The normalized spacial score (nSPS) is 11.1. The minimum atomic E-state index is -0.435. The van der Waals surface area contributed by atoms with Gasteiger partial charge in [-0.2, -0.15) is 4.57 Å². The lowest BCUT2D eigenvalue weighted by Gasteiger charge is -2.14. The first-order valence-electron chi connectivity index (χ1n) is 4.61. The van der Waals surface area contributed by atoms with Crippen LogP contribution in [-0.4, -0.2) is 5.97 Å². The Morgan fingerprint density at radius 3 is 2.29 bits per heavy atom. The Balaban J connectivity index is 2.46. The minimum absolute atomic E-state index is 0.186. The van der Waals surface area contributed by atoms with E-state index in [0.717, 1.165) is 0 Å². The summed E-state index contributed by atoms with van der Waals surface area (Å²) in [4.78, 5) is 11.4. The molecule has 0 radical (unpaired) electrons. The maximum absolute atomic E-state index is 11.4. The second-order valence-corrected chi connectivity index (χ2v) is 4.20. The maximum Gasteiger partial charge on any atom is 0.316 e. The molecule has 1 aromatic rings. The van der Waals surface area contributed by atoms with Crippen LogP contribution >= 0.6 is 0 Å². The Hall–Kier alpha value is -1.38. The van der Waals surface area contributed by atoms with E-state index in [9.17, 15) is 4.79 Å². The molecule has 0 atom stereocenters. The zero-order chi connectivity index (χ0) is 10.6. The molecule has 0 amide bonds. The summed E-state index contributed by atoms with van der Waals surface area (Å²) >= 11 is 0. The molecule has 3 nitrogen and oxygen atoms in total. The van der Waals surface area contributed by atoms with Crippen molar-refractivity contribution in [2.24, 2.45) is 5.41 Å². The first-order valence-corrected chi connectivity index (χ1v) is 4.61. The highest BCUT2D eigenvalue weighted by Gasteiger charge is 2.23. The van der Waals surface area contributed by atoms with E-state index in [2.05, 4.69) is 0 Å². The summed E-state index contributed by atoms with van der Waals surface area (Å²) in [6, 6.07) is 5.71. The fourth-order valence-corrected chi connectivity index (χ4v) is 0.870. The average Bonchev–Trinajstić information content (AvgIpc) is 2.14. The second kappa shape index (κ2) is 4.22. The fourth-order valence-electron chi connectivity index (χ4n) is 0.870. The van der Waals surface area contributed by atoms with E-state index < -0.39 is 5.41 Å². The molecule has 0 saturated carbocycles. The van der Waals surface area contributed by atoms with E-state index in [1.165, 1.54) is 0 Å². The van der Waals surface area contributed by atoms with Gasteiger partial charge in [0, 0.05) is 12.1 Å². The number of carbonyl (C=O) groups is 1. The number of rotatable bonds is 2. The van der Waals surface area contributed by atoms with Crippen LogP contribution in [0.15, 0.2) is 30.6 Å². The van der Waals surface area contributed by atoms with Crippen molar-refractivity contribution in [3.05, 3.63) is 30.6 Å². The van der Waals surface area contributed by atoms with Gasteiger partial charge in [-0.15, -0.1) is 0 Å². The molecule has 1 aromatic heterocycles. The zero-order valence-electron chi connectivity index (χ0n) is 8.86. The summed E-state index contributed by atoms with van der Waals surface area (Å²) in [5.41, 5.74) is -0.435. The van der Waals surface area contributed by atoms with E-state index in [4.69, 9.17) is 4.74 Å². The monoisotopic (exact) mass is 194 g/mol. The molecule has 0 bridgehead atoms. The van der Waals surface area contributed by atoms with Crippen LogP contribution in [0.25, 0.3) is 0 Å². The molecule has 1 heterocycles. The molecule has 0 aliphatic heterocycles. The van der Waals surface area contributed by atoms with Gasteiger partial charge in [-0.05, 0) is 20.8 Å². The standard InChI is InChI=1S/C11H16NO2/c1-11(2,3)10(13)14-9-12-7-5-4-6-8-12/h4-8H,9H2,1-3H3/q+1. The van der Waals surface area contributed by atoms with Crippen molar-refractivity contribution in [2.75, 3.05) is 0 Å². The van der Waals surface area contributed by atoms with Crippen molar-refractivity contribution in [3.63, 3.8) is 0 Å². The van der Waals surface area contributed by atoms with Crippen molar-refractivity contribution < 1.29 is 14.1 Å². The number of hydrogen-bond acceptors (Lipinski definition) is 2. The first-order chi connectivity index (χ1) is 6.50. The molecule has 3 heteroatoms. The van der Waals surface area contributed by atoms with Gasteiger partial charge in [-0.25, -0.2) is 0 Å². The molecule has 0 aromatic carbocycles. The Kier molecular flexibility index (Phi) is 3.23. The van der Waals surface area contributed by atoms with Gasteiger partial charge in [-0.3, -0.25) is 4.79 Å². The third-order valence-electron chi connectivity index (χ3n) is 1.73. The van der Waals surface area contributed by atoms with E-state index in [1.807, 2.05) is 55.9 Å². The van der Waals surface area contributed by atoms with E-state index in [1.54, 1.807) is 0 Å². The summed E-state index contributed by atoms with van der Waals surface area (Å²) in [7, 11) is 0. The number of hydrogen-bond donors (Lipinski definition) is 0. The van der Waals surface area contributed by atoms with Crippen LogP contribution in [0, 0.1) is 5.41 Å². The van der Waals surface area contributed by atoms with E-state index >= 15 is 0 Å². The van der Waals surface area contributed by atoms with Crippen LogP contribution in [0.2, 0.25) is 0 Å². The van der Waals surface area contributed by atoms with Crippen molar-refractivity contribution in [1.29, 1.82) is 0 Å². The molecule has 76 valence electrons. The van der Waals surface area contributed by atoms with Gasteiger partial charge >= 0.3 is 5.97 Å². The molecule has 0 spiro atoms. The summed E-state index contributed by atoms with van der Waals surface area (Å²) in [6.45, 7) is 5.79. The molecular formula is C11H16NO2+. The molecule has 0 unspecified atom stereocenters. The van der Waals surface area contributed by atoms with Gasteiger partial charge in [0.15, 0.2) is 12.4 Å². The predicted octanol–water partition coefficient (Wildman–Crippen LogP) is 1.52.